The number of carboxylic acids is 1. The standard InChI is InChI=1S/C12H17NO3/c1-8(13-9(2)12(14)15)10-5-4-6-11(7-10)16-3/h4-9,13H,1-3H3,(H,14,15)/t8-,9-/m0/s1. The highest BCUT2D eigenvalue weighted by Crippen LogP contribution is 2.18. The lowest BCUT2D eigenvalue weighted by Crippen LogP contribution is -2.35. The van der Waals surface area contributed by atoms with Crippen LogP contribution in [0, 0.1) is 0 Å². The predicted octanol–water partition coefficient (Wildman–Crippen LogP) is 1.82. The van der Waals surface area contributed by atoms with Crippen LogP contribution in [0.4, 0.5) is 0 Å². The Kier molecular flexibility index (Phi) is 4.31. The number of hydrogen-bond donors (Lipinski definition) is 2. The largest absolute Gasteiger partial charge is 0.497 e. The van der Waals surface area contributed by atoms with Crippen molar-refractivity contribution >= 4 is 5.97 Å². The van der Waals surface area contributed by atoms with Gasteiger partial charge < -0.3 is 9.84 Å². The molecule has 0 saturated carbocycles. The van der Waals surface area contributed by atoms with Crippen LogP contribution in [0.2, 0.25) is 0 Å². The molecule has 0 fully saturated rings. The summed E-state index contributed by atoms with van der Waals surface area (Å²) in [6.07, 6.45) is 0. The van der Waals surface area contributed by atoms with E-state index in [0.29, 0.717) is 0 Å². The minimum atomic E-state index is -0.852. The number of methoxy groups -OCH3 is 1. The number of carbonyl (C=O) groups is 1. The van der Waals surface area contributed by atoms with Gasteiger partial charge in [-0.3, -0.25) is 10.1 Å². The van der Waals surface area contributed by atoms with Crippen LogP contribution in [-0.2, 0) is 4.79 Å². The second-order valence-electron chi connectivity index (χ2n) is 3.72. The topological polar surface area (TPSA) is 58.6 Å². The van der Waals surface area contributed by atoms with E-state index in [1.54, 1.807) is 14.0 Å². The summed E-state index contributed by atoms with van der Waals surface area (Å²) in [6.45, 7) is 3.55. The molecule has 16 heavy (non-hydrogen) atoms. The molecular weight excluding hydrogens is 206 g/mol. The van der Waals surface area contributed by atoms with Gasteiger partial charge in [0.15, 0.2) is 0 Å². The van der Waals surface area contributed by atoms with Crippen LogP contribution in [-0.4, -0.2) is 24.2 Å². The molecule has 0 aromatic heterocycles. The highest BCUT2D eigenvalue weighted by molar-refractivity contribution is 5.72. The number of carboxylic acid groups (broad SMARTS) is 1. The first-order valence-corrected chi connectivity index (χ1v) is 5.17. The third kappa shape index (κ3) is 3.24. The third-order valence-corrected chi connectivity index (χ3v) is 2.46. The molecule has 0 amide bonds. The summed E-state index contributed by atoms with van der Waals surface area (Å²) in [4.78, 5) is 10.7. The van der Waals surface area contributed by atoms with Crippen LogP contribution >= 0.6 is 0 Å². The molecule has 1 rings (SSSR count). The number of ether oxygens (including phenoxy) is 1. The van der Waals surface area contributed by atoms with E-state index >= 15 is 0 Å². The van der Waals surface area contributed by atoms with Gasteiger partial charge in [0.05, 0.1) is 7.11 Å². The van der Waals surface area contributed by atoms with Gasteiger partial charge in [0, 0.05) is 6.04 Å². The molecule has 0 aliphatic rings. The molecular formula is C12H17NO3. The first kappa shape index (κ1) is 12.5. The minimum absolute atomic E-state index is 0.0267. The Bertz CT molecular complexity index is 365. The van der Waals surface area contributed by atoms with E-state index in [-0.39, 0.29) is 6.04 Å². The summed E-state index contributed by atoms with van der Waals surface area (Å²) < 4.78 is 5.11. The molecule has 0 heterocycles. The van der Waals surface area contributed by atoms with Gasteiger partial charge >= 0.3 is 5.97 Å². The van der Waals surface area contributed by atoms with Gasteiger partial charge in [-0.25, -0.2) is 0 Å². The van der Waals surface area contributed by atoms with Gasteiger partial charge in [-0.15, -0.1) is 0 Å². The van der Waals surface area contributed by atoms with Gasteiger partial charge in [-0.2, -0.15) is 0 Å². The SMILES string of the molecule is COc1cccc([C@H](C)N[C@@H](C)C(=O)O)c1. The third-order valence-electron chi connectivity index (χ3n) is 2.46. The van der Waals surface area contributed by atoms with E-state index in [1.807, 2.05) is 31.2 Å². The maximum Gasteiger partial charge on any atom is 0.320 e. The number of rotatable bonds is 5. The summed E-state index contributed by atoms with van der Waals surface area (Å²) in [5.41, 5.74) is 1.01. The van der Waals surface area contributed by atoms with E-state index in [0.717, 1.165) is 11.3 Å². The lowest BCUT2D eigenvalue weighted by Gasteiger charge is -2.17. The Balaban J connectivity index is 2.72. The van der Waals surface area contributed by atoms with Gasteiger partial charge in [-0.05, 0) is 31.5 Å². The van der Waals surface area contributed by atoms with Crippen molar-refractivity contribution in [2.24, 2.45) is 0 Å². The lowest BCUT2D eigenvalue weighted by atomic mass is 10.1. The zero-order valence-electron chi connectivity index (χ0n) is 9.73. The monoisotopic (exact) mass is 223 g/mol. The number of nitrogens with one attached hydrogen (secondary N) is 1. The minimum Gasteiger partial charge on any atom is -0.497 e. The summed E-state index contributed by atoms with van der Waals surface area (Å²) in [5, 5.41) is 11.8. The fourth-order valence-corrected chi connectivity index (χ4v) is 1.45. The molecule has 0 bridgehead atoms. The van der Waals surface area contributed by atoms with Crippen molar-refractivity contribution < 1.29 is 14.6 Å². The van der Waals surface area contributed by atoms with E-state index < -0.39 is 12.0 Å². The summed E-state index contributed by atoms with van der Waals surface area (Å²) >= 11 is 0. The number of benzene rings is 1. The summed E-state index contributed by atoms with van der Waals surface area (Å²) in [7, 11) is 1.61. The zero-order chi connectivity index (χ0) is 12.1. The highest BCUT2D eigenvalue weighted by Gasteiger charge is 2.14. The van der Waals surface area contributed by atoms with E-state index in [2.05, 4.69) is 5.32 Å². The number of hydrogen-bond acceptors (Lipinski definition) is 3. The maximum atomic E-state index is 10.7. The second-order valence-corrected chi connectivity index (χ2v) is 3.72. The Morgan fingerprint density at radius 3 is 2.69 bits per heavy atom. The van der Waals surface area contributed by atoms with E-state index in [4.69, 9.17) is 9.84 Å². The molecule has 0 unspecified atom stereocenters. The van der Waals surface area contributed by atoms with Crippen molar-refractivity contribution in [1.29, 1.82) is 0 Å². The van der Waals surface area contributed by atoms with Crippen LogP contribution in [0.1, 0.15) is 25.5 Å². The van der Waals surface area contributed by atoms with Crippen LogP contribution in [0.5, 0.6) is 5.75 Å². The van der Waals surface area contributed by atoms with Crippen LogP contribution in [0.15, 0.2) is 24.3 Å². The molecule has 1 aromatic rings. The fourth-order valence-electron chi connectivity index (χ4n) is 1.45. The zero-order valence-corrected chi connectivity index (χ0v) is 9.73. The van der Waals surface area contributed by atoms with Crippen molar-refractivity contribution in [2.75, 3.05) is 7.11 Å². The van der Waals surface area contributed by atoms with Crippen molar-refractivity contribution in [3.8, 4) is 5.75 Å². The molecule has 0 aliphatic carbocycles. The van der Waals surface area contributed by atoms with Gasteiger partial charge in [0.1, 0.15) is 11.8 Å². The quantitative estimate of drug-likeness (QED) is 0.799. The Morgan fingerprint density at radius 2 is 2.12 bits per heavy atom. The highest BCUT2D eigenvalue weighted by atomic mass is 16.5. The molecule has 4 heteroatoms. The normalized spacial score (nSPS) is 14.2. The lowest BCUT2D eigenvalue weighted by molar-refractivity contribution is -0.139. The summed E-state index contributed by atoms with van der Waals surface area (Å²) in [5.74, 6) is -0.0797. The van der Waals surface area contributed by atoms with Gasteiger partial charge in [0.25, 0.3) is 0 Å². The van der Waals surface area contributed by atoms with Gasteiger partial charge in [0.2, 0.25) is 0 Å². The molecule has 0 aliphatic heterocycles. The maximum absolute atomic E-state index is 10.7. The Hall–Kier alpha value is -1.55. The van der Waals surface area contributed by atoms with Crippen LogP contribution in [0.3, 0.4) is 0 Å². The Labute approximate surface area is 95.2 Å². The molecule has 0 radical (unpaired) electrons. The first-order chi connectivity index (χ1) is 7.54. The second kappa shape index (κ2) is 5.51. The van der Waals surface area contributed by atoms with Gasteiger partial charge in [-0.1, -0.05) is 12.1 Å². The molecule has 88 valence electrons. The summed E-state index contributed by atoms with van der Waals surface area (Å²) in [6, 6.07) is 6.98. The Morgan fingerprint density at radius 1 is 1.44 bits per heavy atom. The number of aliphatic carboxylic acids is 1. The van der Waals surface area contributed by atoms with Crippen molar-refractivity contribution in [1.82, 2.24) is 5.32 Å². The van der Waals surface area contributed by atoms with E-state index in [1.165, 1.54) is 0 Å². The first-order valence-electron chi connectivity index (χ1n) is 5.17. The molecule has 2 atom stereocenters. The molecule has 1 aromatic carbocycles. The smallest absolute Gasteiger partial charge is 0.320 e. The van der Waals surface area contributed by atoms with Crippen LogP contribution < -0.4 is 10.1 Å². The van der Waals surface area contributed by atoms with E-state index in [9.17, 15) is 4.79 Å². The molecule has 2 N–H and O–H groups in total. The predicted molar refractivity (Wildman–Crippen MR) is 61.6 cm³/mol. The van der Waals surface area contributed by atoms with Crippen molar-refractivity contribution in [3.63, 3.8) is 0 Å². The molecule has 4 nitrogen and oxygen atoms in total. The van der Waals surface area contributed by atoms with Crippen molar-refractivity contribution in [2.45, 2.75) is 25.9 Å². The fraction of sp³-hybridized carbons (Fsp3) is 0.417. The molecule has 0 saturated heterocycles. The molecule has 0 spiro atoms. The van der Waals surface area contributed by atoms with Crippen LogP contribution in [0.25, 0.3) is 0 Å². The average molecular weight is 223 g/mol. The average Bonchev–Trinajstić information content (AvgIpc) is 2.28. The van der Waals surface area contributed by atoms with Crippen molar-refractivity contribution in [3.05, 3.63) is 29.8 Å².